The van der Waals surface area contributed by atoms with Gasteiger partial charge in [-0.05, 0) is 19.4 Å². The molecule has 0 aromatic rings. The fourth-order valence-electron chi connectivity index (χ4n) is 1.58. The van der Waals surface area contributed by atoms with Gasteiger partial charge in [-0.3, -0.25) is 0 Å². The number of rotatable bonds is 3. The molecular weight excluding hydrogens is 136 g/mol. The zero-order valence-electron chi connectivity index (χ0n) is 7.64. The van der Waals surface area contributed by atoms with E-state index in [-0.39, 0.29) is 0 Å². The van der Waals surface area contributed by atoms with Gasteiger partial charge < -0.3 is 10.2 Å². The molecule has 2 nitrogen and oxygen atoms in total. The van der Waals surface area contributed by atoms with Crippen molar-refractivity contribution in [2.24, 2.45) is 0 Å². The maximum Gasteiger partial charge on any atom is 0.0224 e. The van der Waals surface area contributed by atoms with Crippen molar-refractivity contribution in [2.75, 3.05) is 26.2 Å². The van der Waals surface area contributed by atoms with E-state index in [1.807, 2.05) is 0 Å². The Labute approximate surface area is 70.0 Å². The number of hydrogen-bond acceptors (Lipinski definition) is 2. The third kappa shape index (κ3) is 2.80. The van der Waals surface area contributed by atoms with Crippen LogP contribution in [-0.4, -0.2) is 37.1 Å². The smallest absolute Gasteiger partial charge is 0.0224 e. The predicted octanol–water partition coefficient (Wildman–Crippen LogP) is 0.894. The standard InChI is InChI=1S/C9H19N2/c1-3-6-11-7-5-10-9(4-2)8-11/h4,9-10H,3,5-8H2,1-2H3. The molecule has 1 fully saturated rings. The zero-order chi connectivity index (χ0) is 8.10. The number of nitrogens with one attached hydrogen (secondary N) is 1. The molecule has 0 aliphatic carbocycles. The highest BCUT2D eigenvalue weighted by atomic mass is 15.2. The molecular formula is C9H19N2. The normalized spacial score (nSPS) is 27.3. The predicted molar refractivity (Wildman–Crippen MR) is 48.5 cm³/mol. The molecule has 0 bridgehead atoms. The summed E-state index contributed by atoms with van der Waals surface area (Å²) in [5, 5.41) is 3.46. The number of hydrogen-bond donors (Lipinski definition) is 1. The van der Waals surface area contributed by atoms with Gasteiger partial charge in [-0.25, -0.2) is 0 Å². The fourth-order valence-corrected chi connectivity index (χ4v) is 1.58. The Morgan fingerprint density at radius 3 is 3.09 bits per heavy atom. The molecule has 1 atom stereocenters. The topological polar surface area (TPSA) is 15.3 Å². The van der Waals surface area contributed by atoms with Crippen LogP contribution in [0.15, 0.2) is 0 Å². The molecule has 1 saturated heterocycles. The second kappa shape index (κ2) is 4.73. The van der Waals surface area contributed by atoms with E-state index >= 15 is 0 Å². The first-order valence-corrected chi connectivity index (χ1v) is 4.62. The van der Waals surface area contributed by atoms with Crippen LogP contribution in [0.2, 0.25) is 0 Å². The maximum atomic E-state index is 3.46. The summed E-state index contributed by atoms with van der Waals surface area (Å²) in [7, 11) is 0. The Morgan fingerprint density at radius 2 is 2.45 bits per heavy atom. The minimum absolute atomic E-state index is 0.621. The Bertz CT molecular complexity index is 102. The quantitative estimate of drug-likeness (QED) is 0.651. The minimum Gasteiger partial charge on any atom is -0.311 e. The molecule has 0 aromatic heterocycles. The van der Waals surface area contributed by atoms with Crippen molar-refractivity contribution in [1.82, 2.24) is 10.2 Å². The number of piperazine rings is 1. The van der Waals surface area contributed by atoms with Gasteiger partial charge in [-0.15, -0.1) is 0 Å². The lowest BCUT2D eigenvalue weighted by Crippen LogP contribution is -2.50. The van der Waals surface area contributed by atoms with Gasteiger partial charge in [0.2, 0.25) is 0 Å². The lowest BCUT2D eigenvalue weighted by molar-refractivity contribution is 0.212. The molecule has 1 rings (SSSR count). The summed E-state index contributed by atoms with van der Waals surface area (Å²) in [6.45, 7) is 9.20. The molecule has 1 aliphatic heterocycles. The zero-order valence-corrected chi connectivity index (χ0v) is 7.64. The lowest BCUT2D eigenvalue weighted by Gasteiger charge is -2.32. The highest BCUT2D eigenvalue weighted by molar-refractivity contribution is 4.86. The van der Waals surface area contributed by atoms with E-state index in [0.717, 1.165) is 6.54 Å². The Morgan fingerprint density at radius 1 is 1.64 bits per heavy atom. The molecule has 0 saturated carbocycles. The molecule has 0 spiro atoms. The molecule has 1 N–H and O–H groups in total. The molecule has 11 heavy (non-hydrogen) atoms. The van der Waals surface area contributed by atoms with Crippen molar-refractivity contribution >= 4 is 0 Å². The first-order valence-electron chi connectivity index (χ1n) is 4.62. The van der Waals surface area contributed by atoms with Crippen LogP contribution in [0.3, 0.4) is 0 Å². The second-order valence-electron chi connectivity index (χ2n) is 3.19. The van der Waals surface area contributed by atoms with Gasteiger partial charge in [0.05, 0.1) is 0 Å². The van der Waals surface area contributed by atoms with E-state index in [4.69, 9.17) is 0 Å². The lowest BCUT2D eigenvalue weighted by atomic mass is 10.1. The van der Waals surface area contributed by atoms with E-state index in [0.29, 0.717) is 6.04 Å². The monoisotopic (exact) mass is 155 g/mol. The second-order valence-corrected chi connectivity index (χ2v) is 3.19. The summed E-state index contributed by atoms with van der Waals surface area (Å²) < 4.78 is 0. The van der Waals surface area contributed by atoms with Gasteiger partial charge in [0.15, 0.2) is 0 Å². The van der Waals surface area contributed by atoms with Gasteiger partial charge in [0, 0.05) is 25.7 Å². The molecule has 2 heteroatoms. The summed E-state index contributed by atoms with van der Waals surface area (Å²) in [6.07, 6.45) is 3.53. The summed E-state index contributed by atoms with van der Waals surface area (Å²) in [6, 6.07) is 0.621. The van der Waals surface area contributed by atoms with E-state index in [2.05, 4.69) is 30.5 Å². The first kappa shape index (κ1) is 9.01. The van der Waals surface area contributed by atoms with Crippen LogP contribution in [-0.2, 0) is 0 Å². The average molecular weight is 155 g/mol. The first-order chi connectivity index (χ1) is 5.36. The molecule has 1 unspecified atom stereocenters. The molecule has 0 amide bonds. The SMILES string of the molecule is C[CH]C1CN(CCC)CCN1. The third-order valence-electron chi connectivity index (χ3n) is 2.23. The average Bonchev–Trinajstić information content (AvgIpc) is 2.06. The molecule has 1 aliphatic rings. The van der Waals surface area contributed by atoms with Crippen LogP contribution in [0.25, 0.3) is 0 Å². The highest BCUT2D eigenvalue weighted by Gasteiger charge is 2.16. The van der Waals surface area contributed by atoms with Crippen LogP contribution in [0.5, 0.6) is 0 Å². The van der Waals surface area contributed by atoms with Gasteiger partial charge in [0.25, 0.3) is 0 Å². The van der Waals surface area contributed by atoms with Gasteiger partial charge >= 0.3 is 0 Å². The minimum atomic E-state index is 0.621. The van der Waals surface area contributed by atoms with Crippen LogP contribution >= 0.6 is 0 Å². The van der Waals surface area contributed by atoms with Crippen molar-refractivity contribution < 1.29 is 0 Å². The van der Waals surface area contributed by atoms with Crippen LogP contribution in [0.1, 0.15) is 20.3 Å². The highest BCUT2D eigenvalue weighted by Crippen LogP contribution is 2.01. The molecule has 65 valence electrons. The van der Waals surface area contributed by atoms with E-state index in [1.165, 1.54) is 26.1 Å². The van der Waals surface area contributed by atoms with E-state index in [1.54, 1.807) is 0 Å². The summed E-state index contributed by atoms with van der Waals surface area (Å²) in [5.74, 6) is 0. The Hall–Kier alpha value is -0.0800. The summed E-state index contributed by atoms with van der Waals surface area (Å²) in [4.78, 5) is 2.53. The number of nitrogens with zero attached hydrogens (tertiary/aromatic N) is 1. The summed E-state index contributed by atoms with van der Waals surface area (Å²) in [5.41, 5.74) is 0. The maximum absolute atomic E-state index is 3.46. The Kier molecular flexibility index (Phi) is 3.87. The van der Waals surface area contributed by atoms with Crippen molar-refractivity contribution in [1.29, 1.82) is 0 Å². The molecule has 1 radical (unpaired) electrons. The van der Waals surface area contributed by atoms with Crippen molar-refractivity contribution in [3.05, 3.63) is 6.42 Å². The van der Waals surface area contributed by atoms with Crippen molar-refractivity contribution in [3.8, 4) is 0 Å². The van der Waals surface area contributed by atoms with E-state index < -0.39 is 0 Å². The van der Waals surface area contributed by atoms with Crippen molar-refractivity contribution in [3.63, 3.8) is 0 Å². The Balaban J connectivity index is 2.21. The summed E-state index contributed by atoms with van der Waals surface area (Å²) >= 11 is 0. The van der Waals surface area contributed by atoms with Gasteiger partial charge in [-0.2, -0.15) is 0 Å². The van der Waals surface area contributed by atoms with Crippen LogP contribution < -0.4 is 5.32 Å². The molecule has 0 aromatic carbocycles. The van der Waals surface area contributed by atoms with Crippen LogP contribution in [0.4, 0.5) is 0 Å². The van der Waals surface area contributed by atoms with Crippen molar-refractivity contribution in [2.45, 2.75) is 26.3 Å². The van der Waals surface area contributed by atoms with Gasteiger partial charge in [-0.1, -0.05) is 13.8 Å². The molecule has 1 heterocycles. The fraction of sp³-hybridized carbons (Fsp3) is 0.889. The van der Waals surface area contributed by atoms with Gasteiger partial charge in [0.1, 0.15) is 0 Å². The largest absolute Gasteiger partial charge is 0.311 e. The van der Waals surface area contributed by atoms with Crippen LogP contribution in [0, 0.1) is 6.42 Å². The third-order valence-corrected chi connectivity index (χ3v) is 2.23. The van der Waals surface area contributed by atoms with E-state index in [9.17, 15) is 0 Å².